The largest absolute Gasteiger partial charge is 0.493 e. The second-order valence-electron chi connectivity index (χ2n) is 3.80. The van der Waals surface area contributed by atoms with Crippen LogP contribution in [0.1, 0.15) is 0 Å². The monoisotopic (exact) mass is 262 g/mol. The van der Waals surface area contributed by atoms with Gasteiger partial charge in [-0.1, -0.05) is 12.1 Å². The van der Waals surface area contributed by atoms with Gasteiger partial charge in [-0.05, 0) is 36.4 Å². The lowest BCUT2D eigenvalue weighted by molar-refractivity contribution is 0.211. The smallest absolute Gasteiger partial charge is 0.161 e. The molecule has 3 nitrogen and oxygen atoms in total. The minimum Gasteiger partial charge on any atom is -0.493 e. The van der Waals surface area contributed by atoms with Crippen LogP contribution in [-0.2, 0) is 0 Å². The molecule has 0 saturated heterocycles. The summed E-state index contributed by atoms with van der Waals surface area (Å²) < 4.78 is 28.8. The highest BCUT2D eigenvalue weighted by Gasteiger charge is 2.02. The summed E-state index contributed by atoms with van der Waals surface area (Å²) in [5.74, 6) is 1.69. The molecule has 0 atom stereocenters. The molecule has 0 N–H and O–H groups in total. The van der Waals surface area contributed by atoms with E-state index in [1.165, 1.54) is 12.1 Å². The van der Waals surface area contributed by atoms with Gasteiger partial charge >= 0.3 is 0 Å². The summed E-state index contributed by atoms with van der Waals surface area (Å²) in [6.07, 6.45) is 0. The molecule has 0 fully saturated rings. The van der Waals surface area contributed by atoms with Crippen molar-refractivity contribution in [2.75, 3.05) is 20.3 Å². The number of rotatable bonds is 6. The number of hydrogen-bond acceptors (Lipinski definition) is 3. The lowest BCUT2D eigenvalue weighted by atomic mass is 10.3. The van der Waals surface area contributed by atoms with Crippen LogP contribution in [0.4, 0.5) is 4.39 Å². The molecule has 0 spiro atoms. The second kappa shape index (κ2) is 6.64. The Morgan fingerprint density at radius 3 is 2.16 bits per heavy atom. The van der Waals surface area contributed by atoms with Gasteiger partial charge in [0.05, 0.1) is 7.11 Å². The van der Waals surface area contributed by atoms with E-state index in [4.69, 9.17) is 14.2 Å². The third-order valence-corrected chi connectivity index (χ3v) is 2.49. The van der Waals surface area contributed by atoms with E-state index in [0.717, 1.165) is 0 Å². The van der Waals surface area contributed by atoms with Crippen LogP contribution < -0.4 is 14.2 Å². The number of benzene rings is 2. The normalized spacial score (nSPS) is 10.0. The Morgan fingerprint density at radius 2 is 1.47 bits per heavy atom. The van der Waals surface area contributed by atoms with E-state index >= 15 is 0 Å². The van der Waals surface area contributed by atoms with Crippen LogP contribution in [-0.4, -0.2) is 20.3 Å². The highest BCUT2D eigenvalue weighted by Crippen LogP contribution is 2.25. The van der Waals surface area contributed by atoms with Crippen molar-refractivity contribution < 1.29 is 18.6 Å². The molecule has 0 aliphatic rings. The number of halogens is 1. The Hall–Kier alpha value is -2.23. The quantitative estimate of drug-likeness (QED) is 0.748. The molecular formula is C15H15FO3. The van der Waals surface area contributed by atoms with Gasteiger partial charge in [-0.15, -0.1) is 0 Å². The minimum absolute atomic E-state index is 0.280. The van der Waals surface area contributed by atoms with Crippen molar-refractivity contribution in [2.45, 2.75) is 0 Å². The fourth-order valence-corrected chi connectivity index (χ4v) is 1.58. The fraction of sp³-hybridized carbons (Fsp3) is 0.200. The average Bonchev–Trinajstić information content (AvgIpc) is 2.46. The van der Waals surface area contributed by atoms with Gasteiger partial charge in [0.15, 0.2) is 11.5 Å². The number of hydrogen-bond donors (Lipinski definition) is 0. The summed E-state index contributed by atoms with van der Waals surface area (Å²) in [7, 11) is 1.59. The van der Waals surface area contributed by atoms with Crippen LogP contribution in [0.3, 0.4) is 0 Å². The third kappa shape index (κ3) is 3.88. The van der Waals surface area contributed by atoms with Crippen LogP contribution in [0.5, 0.6) is 17.2 Å². The summed E-state index contributed by atoms with van der Waals surface area (Å²) >= 11 is 0. The molecule has 0 aliphatic heterocycles. The van der Waals surface area contributed by atoms with Gasteiger partial charge in [0, 0.05) is 0 Å². The van der Waals surface area contributed by atoms with E-state index in [1.807, 2.05) is 24.3 Å². The Balaban J connectivity index is 1.79. The number of ether oxygens (including phenoxy) is 3. The van der Waals surface area contributed by atoms with E-state index in [2.05, 4.69) is 0 Å². The molecule has 0 heterocycles. The van der Waals surface area contributed by atoms with E-state index in [1.54, 1.807) is 19.2 Å². The fourth-order valence-electron chi connectivity index (χ4n) is 1.58. The first-order valence-corrected chi connectivity index (χ1v) is 5.94. The highest BCUT2D eigenvalue weighted by atomic mass is 19.1. The Kier molecular flexibility index (Phi) is 4.61. The van der Waals surface area contributed by atoms with Gasteiger partial charge in [0.25, 0.3) is 0 Å². The van der Waals surface area contributed by atoms with Gasteiger partial charge in [-0.3, -0.25) is 0 Å². The predicted molar refractivity (Wildman–Crippen MR) is 70.4 cm³/mol. The third-order valence-electron chi connectivity index (χ3n) is 2.49. The highest BCUT2D eigenvalue weighted by molar-refractivity contribution is 5.39. The first-order valence-electron chi connectivity index (χ1n) is 5.94. The van der Waals surface area contributed by atoms with Gasteiger partial charge in [0.2, 0.25) is 0 Å². The average molecular weight is 262 g/mol. The lowest BCUT2D eigenvalue weighted by Gasteiger charge is -2.11. The van der Waals surface area contributed by atoms with Crippen molar-refractivity contribution in [3.63, 3.8) is 0 Å². The molecule has 100 valence electrons. The topological polar surface area (TPSA) is 27.7 Å². The van der Waals surface area contributed by atoms with Crippen LogP contribution >= 0.6 is 0 Å². The summed E-state index contributed by atoms with van der Waals surface area (Å²) in [6, 6.07) is 13.3. The zero-order valence-electron chi connectivity index (χ0n) is 10.6. The van der Waals surface area contributed by atoms with E-state index < -0.39 is 0 Å². The Morgan fingerprint density at radius 1 is 0.842 bits per heavy atom. The molecule has 2 aromatic rings. The van der Waals surface area contributed by atoms with Crippen molar-refractivity contribution in [1.82, 2.24) is 0 Å². The molecule has 0 unspecified atom stereocenters. The van der Waals surface area contributed by atoms with E-state index in [-0.39, 0.29) is 5.82 Å². The molecule has 0 bridgehead atoms. The van der Waals surface area contributed by atoms with Gasteiger partial charge in [0.1, 0.15) is 24.8 Å². The molecule has 0 aliphatic carbocycles. The number of methoxy groups -OCH3 is 1. The predicted octanol–water partition coefficient (Wildman–Crippen LogP) is 3.29. The summed E-state index contributed by atoms with van der Waals surface area (Å²) in [5, 5.41) is 0. The van der Waals surface area contributed by atoms with Gasteiger partial charge < -0.3 is 14.2 Å². The molecule has 19 heavy (non-hydrogen) atoms. The van der Waals surface area contributed by atoms with Crippen molar-refractivity contribution in [3.8, 4) is 17.2 Å². The molecule has 0 saturated carbocycles. The van der Waals surface area contributed by atoms with Crippen LogP contribution in [0, 0.1) is 5.82 Å². The molecule has 0 radical (unpaired) electrons. The zero-order valence-corrected chi connectivity index (χ0v) is 10.6. The molecule has 4 heteroatoms. The Labute approximate surface area is 111 Å². The summed E-state index contributed by atoms with van der Waals surface area (Å²) in [6.45, 7) is 0.765. The standard InChI is InChI=1S/C15H15FO3/c1-17-14-4-2-3-5-15(14)19-11-10-18-13-8-6-12(16)7-9-13/h2-9H,10-11H2,1H3. The van der Waals surface area contributed by atoms with Crippen LogP contribution in [0.15, 0.2) is 48.5 Å². The van der Waals surface area contributed by atoms with Crippen molar-refractivity contribution in [1.29, 1.82) is 0 Å². The van der Waals surface area contributed by atoms with Crippen molar-refractivity contribution in [3.05, 3.63) is 54.3 Å². The second-order valence-corrected chi connectivity index (χ2v) is 3.80. The molecule has 2 rings (SSSR count). The molecule has 0 amide bonds. The first-order chi connectivity index (χ1) is 9.29. The maximum atomic E-state index is 12.7. The van der Waals surface area contributed by atoms with E-state index in [0.29, 0.717) is 30.5 Å². The van der Waals surface area contributed by atoms with E-state index in [9.17, 15) is 4.39 Å². The zero-order chi connectivity index (χ0) is 13.5. The Bertz CT molecular complexity index is 511. The number of para-hydroxylation sites is 2. The summed E-state index contributed by atoms with van der Waals surface area (Å²) in [4.78, 5) is 0. The lowest BCUT2D eigenvalue weighted by Crippen LogP contribution is -2.09. The summed E-state index contributed by atoms with van der Waals surface area (Å²) in [5.41, 5.74) is 0. The maximum absolute atomic E-state index is 12.7. The van der Waals surface area contributed by atoms with Crippen molar-refractivity contribution in [2.24, 2.45) is 0 Å². The maximum Gasteiger partial charge on any atom is 0.161 e. The first kappa shape index (κ1) is 13.2. The van der Waals surface area contributed by atoms with Crippen LogP contribution in [0.25, 0.3) is 0 Å². The van der Waals surface area contributed by atoms with Gasteiger partial charge in [-0.2, -0.15) is 0 Å². The van der Waals surface area contributed by atoms with Crippen LogP contribution in [0.2, 0.25) is 0 Å². The molecular weight excluding hydrogens is 247 g/mol. The van der Waals surface area contributed by atoms with Crippen molar-refractivity contribution >= 4 is 0 Å². The molecule has 0 aromatic heterocycles. The molecule has 2 aromatic carbocycles. The minimum atomic E-state index is -0.280. The SMILES string of the molecule is COc1ccccc1OCCOc1ccc(F)cc1. The van der Waals surface area contributed by atoms with Gasteiger partial charge in [-0.25, -0.2) is 4.39 Å².